The van der Waals surface area contributed by atoms with Crippen molar-refractivity contribution in [2.75, 3.05) is 19.7 Å². The number of rotatable bonds is 3. The lowest BCUT2D eigenvalue weighted by molar-refractivity contribution is 0.110. The minimum Gasteiger partial charge on any atom is -0.377 e. The molecule has 0 aliphatic carbocycles. The molecule has 0 radical (unpaired) electrons. The second kappa shape index (κ2) is 3.85. The Hall–Kier alpha value is -0.0800. The van der Waals surface area contributed by atoms with Crippen LogP contribution in [0, 0.1) is 0 Å². The van der Waals surface area contributed by atoms with Gasteiger partial charge in [-0.05, 0) is 19.4 Å². The molecule has 1 rings (SSSR count). The molecule has 1 saturated heterocycles. The van der Waals surface area contributed by atoms with E-state index in [-0.39, 0.29) is 0 Å². The molecule has 1 fully saturated rings. The maximum Gasteiger partial charge on any atom is 0.0700 e. The van der Waals surface area contributed by atoms with Crippen LogP contribution in [0.4, 0.5) is 0 Å². The average Bonchev–Trinajstić information content (AvgIpc) is 2.34. The lowest BCUT2D eigenvalue weighted by atomic mass is 10.2. The maximum atomic E-state index is 5.39. The van der Waals surface area contributed by atoms with Gasteiger partial charge in [0.2, 0.25) is 0 Å². The molecular formula is C7H15NO. The van der Waals surface area contributed by atoms with Crippen LogP contribution in [0.2, 0.25) is 0 Å². The first-order chi connectivity index (χ1) is 4.43. The lowest BCUT2D eigenvalue weighted by Crippen LogP contribution is -2.25. The number of nitrogens with one attached hydrogen (secondary N) is 1. The molecule has 1 aliphatic heterocycles. The summed E-state index contributed by atoms with van der Waals surface area (Å²) >= 11 is 0. The van der Waals surface area contributed by atoms with Crippen LogP contribution >= 0.6 is 0 Å². The molecule has 0 aromatic heterocycles. The molecule has 2 heteroatoms. The zero-order valence-corrected chi connectivity index (χ0v) is 6.02. The molecular weight excluding hydrogens is 114 g/mol. The number of hydrogen-bond donors (Lipinski definition) is 1. The highest BCUT2D eigenvalue weighted by molar-refractivity contribution is 4.66. The lowest BCUT2D eigenvalue weighted by Gasteiger charge is -2.07. The van der Waals surface area contributed by atoms with Crippen LogP contribution in [0.3, 0.4) is 0 Å². The number of likely N-dealkylation sites (N-methyl/N-ethyl adjacent to an activating group) is 1. The summed E-state index contributed by atoms with van der Waals surface area (Å²) in [6.45, 7) is 5.18. The van der Waals surface area contributed by atoms with Gasteiger partial charge in [0, 0.05) is 13.2 Å². The van der Waals surface area contributed by atoms with Crippen molar-refractivity contribution in [1.29, 1.82) is 0 Å². The van der Waals surface area contributed by atoms with E-state index < -0.39 is 0 Å². The van der Waals surface area contributed by atoms with Crippen LogP contribution in [0.1, 0.15) is 19.8 Å². The van der Waals surface area contributed by atoms with Gasteiger partial charge in [0.05, 0.1) is 6.10 Å². The summed E-state index contributed by atoms with van der Waals surface area (Å²) in [6, 6.07) is 0. The first-order valence-electron chi connectivity index (χ1n) is 3.76. The Kier molecular flexibility index (Phi) is 3.01. The second-order valence-electron chi connectivity index (χ2n) is 2.44. The normalized spacial score (nSPS) is 27.0. The van der Waals surface area contributed by atoms with E-state index in [0.717, 1.165) is 19.7 Å². The van der Waals surface area contributed by atoms with Crippen molar-refractivity contribution < 1.29 is 4.74 Å². The quantitative estimate of drug-likeness (QED) is 0.608. The summed E-state index contributed by atoms with van der Waals surface area (Å²) in [4.78, 5) is 0. The first-order valence-corrected chi connectivity index (χ1v) is 3.76. The van der Waals surface area contributed by atoms with Crippen LogP contribution in [-0.2, 0) is 4.74 Å². The predicted octanol–water partition coefficient (Wildman–Crippen LogP) is 0.775. The molecule has 9 heavy (non-hydrogen) atoms. The molecule has 54 valence electrons. The minimum atomic E-state index is 0.505. The van der Waals surface area contributed by atoms with Gasteiger partial charge in [0.25, 0.3) is 0 Å². The van der Waals surface area contributed by atoms with Crippen LogP contribution in [0.5, 0.6) is 0 Å². The Bertz CT molecular complexity index is 69.3. The highest BCUT2D eigenvalue weighted by atomic mass is 16.5. The Labute approximate surface area is 56.6 Å². The molecule has 0 amide bonds. The zero-order valence-electron chi connectivity index (χ0n) is 6.02. The Morgan fingerprint density at radius 2 is 2.56 bits per heavy atom. The van der Waals surface area contributed by atoms with Crippen molar-refractivity contribution in [3.05, 3.63) is 0 Å². The highest BCUT2D eigenvalue weighted by Gasteiger charge is 2.13. The predicted molar refractivity (Wildman–Crippen MR) is 37.5 cm³/mol. The van der Waals surface area contributed by atoms with E-state index in [1.165, 1.54) is 12.8 Å². The van der Waals surface area contributed by atoms with Gasteiger partial charge in [-0.15, -0.1) is 0 Å². The second-order valence-corrected chi connectivity index (χ2v) is 2.44. The van der Waals surface area contributed by atoms with Gasteiger partial charge in [-0.2, -0.15) is 0 Å². The van der Waals surface area contributed by atoms with E-state index in [2.05, 4.69) is 12.2 Å². The fourth-order valence-corrected chi connectivity index (χ4v) is 1.11. The van der Waals surface area contributed by atoms with E-state index in [1.54, 1.807) is 0 Å². The molecule has 1 atom stereocenters. The van der Waals surface area contributed by atoms with E-state index >= 15 is 0 Å². The summed E-state index contributed by atoms with van der Waals surface area (Å²) in [7, 11) is 0. The van der Waals surface area contributed by atoms with E-state index in [1.807, 2.05) is 0 Å². The van der Waals surface area contributed by atoms with Crippen molar-refractivity contribution in [3.63, 3.8) is 0 Å². The highest BCUT2D eigenvalue weighted by Crippen LogP contribution is 2.09. The zero-order chi connectivity index (χ0) is 6.53. The fraction of sp³-hybridized carbons (Fsp3) is 1.00. The van der Waals surface area contributed by atoms with E-state index in [0.29, 0.717) is 6.10 Å². The summed E-state index contributed by atoms with van der Waals surface area (Å²) in [6.07, 6.45) is 2.99. The largest absolute Gasteiger partial charge is 0.377 e. The van der Waals surface area contributed by atoms with Gasteiger partial charge in [-0.1, -0.05) is 6.92 Å². The van der Waals surface area contributed by atoms with E-state index in [4.69, 9.17) is 4.74 Å². The molecule has 0 spiro atoms. The smallest absolute Gasteiger partial charge is 0.0700 e. The van der Waals surface area contributed by atoms with Gasteiger partial charge < -0.3 is 10.1 Å². The molecule has 2 nitrogen and oxygen atoms in total. The third-order valence-electron chi connectivity index (χ3n) is 1.65. The Balaban J connectivity index is 1.98. The van der Waals surface area contributed by atoms with Crippen molar-refractivity contribution in [3.8, 4) is 0 Å². The van der Waals surface area contributed by atoms with Crippen LogP contribution < -0.4 is 5.32 Å². The van der Waals surface area contributed by atoms with Gasteiger partial charge in [-0.3, -0.25) is 0 Å². The fourth-order valence-electron chi connectivity index (χ4n) is 1.11. The average molecular weight is 129 g/mol. The molecule has 1 aliphatic rings. The third kappa shape index (κ3) is 2.33. The van der Waals surface area contributed by atoms with Gasteiger partial charge in [0.1, 0.15) is 0 Å². The van der Waals surface area contributed by atoms with Gasteiger partial charge in [0.15, 0.2) is 0 Å². The molecule has 1 heterocycles. The van der Waals surface area contributed by atoms with Gasteiger partial charge in [-0.25, -0.2) is 0 Å². The van der Waals surface area contributed by atoms with Crippen LogP contribution in [-0.4, -0.2) is 25.8 Å². The number of hydrogen-bond acceptors (Lipinski definition) is 2. The molecule has 1 N–H and O–H groups in total. The van der Waals surface area contributed by atoms with Crippen molar-refractivity contribution in [2.45, 2.75) is 25.9 Å². The minimum absolute atomic E-state index is 0.505. The van der Waals surface area contributed by atoms with Crippen LogP contribution in [0.25, 0.3) is 0 Å². The topological polar surface area (TPSA) is 21.3 Å². The summed E-state index contributed by atoms with van der Waals surface area (Å²) < 4.78 is 5.39. The molecule has 0 bridgehead atoms. The summed E-state index contributed by atoms with van der Waals surface area (Å²) in [5.41, 5.74) is 0. The summed E-state index contributed by atoms with van der Waals surface area (Å²) in [5.74, 6) is 0. The molecule has 0 aromatic rings. The molecule has 0 aromatic carbocycles. The maximum absolute atomic E-state index is 5.39. The number of ether oxygens (including phenoxy) is 1. The van der Waals surface area contributed by atoms with Crippen molar-refractivity contribution in [1.82, 2.24) is 5.32 Å². The first kappa shape index (κ1) is 7.03. The Morgan fingerprint density at radius 3 is 3.11 bits per heavy atom. The van der Waals surface area contributed by atoms with Crippen molar-refractivity contribution in [2.24, 2.45) is 0 Å². The van der Waals surface area contributed by atoms with Crippen molar-refractivity contribution >= 4 is 0 Å². The van der Waals surface area contributed by atoms with E-state index in [9.17, 15) is 0 Å². The standard InChI is InChI=1S/C7H15NO/c1-2-8-6-7-4-3-5-9-7/h7-8H,2-6H2,1H3/t7-/m1/s1. The third-order valence-corrected chi connectivity index (χ3v) is 1.65. The Morgan fingerprint density at radius 1 is 1.67 bits per heavy atom. The summed E-state index contributed by atoms with van der Waals surface area (Å²) in [5, 5.41) is 3.27. The molecule has 0 unspecified atom stereocenters. The molecule has 0 saturated carbocycles. The SMILES string of the molecule is CCNC[C@H]1CCCO1. The van der Waals surface area contributed by atoms with Gasteiger partial charge >= 0.3 is 0 Å². The monoisotopic (exact) mass is 129 g/mol. The van der Waals surface area contributed by atoms with Crippen LogP contribution in [0.15, 0.2) is 0 Å².